The summed E-state index contributed by atoms with van der Waals surface area (Å²) in [6.07, 6.45) is -4.01. The average molecular weight is 525 g/mol. The molecule has 5 rings (SSSR count). The molecule has 3 heterocycles. The Morgan fingerprint density at radius 3 is 2.69 bits per heavy atom. The van der Waals surface area contributed by atoms with E-state index in [9.17, 15) is 31.9 Å². The van der Waals surface area contributed by atoms with Gasteiger partial charge in [-0.2, -0.15) is 23.8 Å². The van der Waals surface area contributed by atoms with Crippen molar-refractivity contribution in [1.29, 1.82) is 0 Å². The zero-order valence-corrected chi connectivity index (χ0v) is 19.7. The van der Waals surface area contributed by atoms with Gasteiger partial charge in [0.1, 0.15) is 0 Å². The van der Waals surface area contributed by atoms with Crippen LogP contribution in [-0.4, -0.2) is 55.3 Å². The highest BCUT2D eigenvalue weighted by Gasteiger charge is 2.34. The second-order valence-corrected chi connectivity index (χ2v) is 11.1. The van der Waals surface area contributed by atoms with E-state index >= 15 is 0 Å². The standard InChI is InChI=1S/C23H23F3N4O5S/c24-23(25,26)15-4-1-3-14(11-15)20(31)28-21-27-18-12-16(29-8-2-9-35-22(29)32)5-6-19(18)30(21)17-7-10-36(33,34)13-17/h1,3-6,11-12,17,33-34H,2,7-10,13H2,(H,27,28,31). The molecule has 13 heteroatoms. The number of imidazole rings is 1. The van der Waals surface area contributed by atoms with E-state index in [-0.39, 0.29) is 23.0 Å². The van der Waals surface area contributed by atoms with E-state index in [1.54, 1.807) is 22.8 Å². The molecule has 2 aliphatic heterocycles. The molecule has 2 amide bonds. The maximum absolute atomic E-state index is 13.1. The first-order chi connectivity index (χ1) is 17.0. The predicted molar refractivity (Wildman–Crippen MR) is 129 cm³/mol. The van der Waals surface area contributed by atoms with Crippen molar-refractivity contribution in [2.24, 2.45) is 0 Å². The summed E-state index contributed by atoms with van der Waals surface area (Å²) in [5.41, 5.74) is 0.393. The van der Waals surface area contributed by atoms with Gasteiger partial charge in [0, 0.05) is 23.5 Å². The zero-order valence-electron chi connectivity index (χ0n) is 18.9. The van der Waals surface area contributed by atoms with Gasteiger partial charge in [0.2, 0.25) is 5.95 Å². The van der Waals surface area contributed by atoms with Crippen LogP contribution in [0.15, 0.2) is 42.5 Å². The molecule has 36 heavy (non-hydrogen) atoms. The molecule has 0 radical (unpaired) electrons. The number of nitrogens with zero attached hydrogens (tertiary/aromatic N) is 3. The Morgan fingerprint density at radius 1 is 1.19 bits per heavy atom. The van der Waals surface area contributed by atoms with Gasteiger partial charge in [-0.15, -0.1) is 0 Å². The van der Waals surface area contributed by atoms with E-state index in [0.717, 1.165) is 18.2 Å². The predicted octanol–water partition coefficient (Wildman–Crippen LogP) is 5.35. The van der Waals surface area contributed by atoms with Gasteiger partial charge in [-0.05, 0) is 49.2 Å². The Hall–Kier alpha value is -3.29. The van der Waals surface area contributed by atoms with E-state index in [1.807, 2.05) is 0 Å². The number of fused-ring (bicyclic) bond motifs is 1. The number of rotatable bonds is 4. The van der Waals surface area contributed by atoms with Gasteiger partial charge in [0.25, 0.3) is 5.91 Å². The fraction of sp³-hybridized carbons (Fsp3) is 0.348. The molecule has 0 spiro atoms. The largest absolute Gasteiger partial charge is 0.449 e. The number of anilines is 2. The number of ether oxygens (including phenoxy) is 1. The molecule has 2 fully saturated rings. The van der Waals surface area contributed by atoms with Crippen molar-refractivity contribution in [2.45, 2.75) is 25.1 Å². The maximum atomic E-state index is 13.1. The summed E-state index contributed by atoms with van der Waals surface area (Å²) in [6.45, 7) is 0.805. The van der Waals surface area contributed by atoms with Gasteiger partial charge in [-0.1, -0.05) is 6.07 Å². The number of amides is 2. The van der Waals surface area contributed by atoms with Crippen molar-refractivity contribution in [3.05, 3.63) is 53.6 Å². The van der Waals surface area contributed by atoms with Crippen LogP contribution in [0.5, 0.6) is 0 Å². The number of hydrogen-bond donors (Lipinski definition) is 3. The normalized spacial score (nSPS) is 20.9. The van der Waals surface area contributed by atoms with Crippen molar-refractivity contribution in [3.8, 4) is 0 Å². The molecule has 1 unspecified atom stereocenters. The maximum Gasteiger partial charge on any atom is 0.416 e. The first kappa shape index (κ1) is 24.4. The number of benzene rings is 2. The van der Waals surface area contributed by atoms with Crippen molar-refractivity contribution in [3.63, 3.8) is 0 Å². The van der Waals surface area contributed by atoms with Crippen LogP contribution in [0.2, 0.25) is 0 Å². The number of cyclic esters (lactones) is 1. The van der Waals surface area contributed by atoms with Crippen molar-refractivity contribution in [2.75, 3.05) is 34.9 Å². The lowest BCUT2D eigenvalue weighted by Gasteiger charge is -2.27. The molecule has 2 aromatic carbocycles. The highest BCUT2D eigenvalue weighted by atomic mass is 32.3. The molecule has 192 valence electrons. The van der Waals surface area contributed by atoms with Crippen LogP contribution in [0.25, 0.3) is 11.0 Å². The third-order valence-electron chi connectivity index (χ3n) is 6.24. The van der Waals surface area contributed by atoms with Crippen LogP contribution in [0, 0.1) is 0 Å². The minimum atomic E-state index is -4.60. The summed E-state index contributed by atoms with van der Waals surface area (Å²) in [7, 11) is -2.80. The topological polar surface area (TPSA) is 117 Å². The number of halogens is 3. The Balaban J connectivity index is 1.53. The van der Waals surface area contributed by atoms with Crippen LogP contribution < -0.4 is 10.2 Å². The molecular formula is C23H23F3N4O5S. The summed E-state index contributed by atoms with van der Waals surface area (Å²) in [6, 6.07) is 8.73. The van der Waals surface area contributed by atoms with Crippen LogP contribution in [-0.2, 0) is 10.9 Å². The molecule has 3 aromatic rings. The fourth-order valence-electron chi connectivity index (χ4n) is 4.51. The van der Waals surface area contributed by atoms with Crippen LogP contribution in [0.4, 0.5) is 29.6 Å². The fourth-order valence-corrected chi connectivity index (χ4v) is 6.26. The van der Waals surface area contributed by atoms with Gasteiger partial charge < -0.3 is 9.30 Å². The monoisotopic (exact) mass is 524 g/mol. The highest BCUT2D eigenvalue weighted by Crippen LogP contribution is 2.51. The molecule has 2 saturated heterocycles. The average Bonchev–Trinajstić information content (AvgIpc) is 3.36. The molecule has 0 bridgehead atoms. The first-order valence-corrected chi connectivity index (χ1v) is 13.1. The van der Waals surface area contributed by atoms with Gasteiger partial charge in [-0.25, -0.2) is 9.78 Å². The Labute approximate surface area is 205 Å². The highest BCUT2D eigenvalue weighted by molar-refractivity contribution is 8.24. The lowest BCUT2D eigenvalue weighted by Crippen LogP contribution is -2.37. The summed E-state index contributed by atoms with van der Waals surface area (Å²) in [5.74, 6) is -0.476. The molecule has 3 N–H and O–H groups in total. The van der Waals surface area contributed by atoms with Gasteiger partial charge in [0.15, 0.2) is 0 Å². The molecule has 1 atom stereocenters. The first-order valence-electron chi connectivity index (χ1n) is 11.2. The number of hydrogen-bond acceptors (Lipinski definition) is 6. The van der Waals surface area contributed by atoms with E-state index in [0.29, 0.717) is 42.7 Å². The summed E-state index contributed by atoms with van der Waals surface area (Å²) in [5, 5.41) is 2.59. The minimum Gasteiger partial charge on any atom is -0.449 e. The summed E-state index contributed by atoms with van der Waals surface area (Å²) < 4.78 is 66.5. The number of aromatic nitrogens is 2. The van der Waals surface area contributed by atoms with Crippen LogP contribution in [0.3, 0.4) is 0 Å². The number of carbonyl (C=O) groups excluding carboxylic acids is 2. The quantitative estimate of drug-likeness (QED) is 0.424. The molecule has 2 aliphatic rings. The number of carbonyl (C=O) groups is 2. The second-order valence-electron chi connectivity index (χ2n) is 8.75. The van der Waals surface area contributed by atoms with Gasteiger partial charge in [0.05, 0.1) is 35.0 Å². The molecule has 0 aliphatic carbocycles. The molecule has 0 saturated carbocycles. The van der Waals surface area contributed by atoms with E-state index < -0.39 is 40.4 Å². The Bertz CT molecular complexity index is 1340. The molecule has 1 aromatic heterocycles. The lowest BCUT2D eigenvalue weighted by atomic mass is 10.1. The minimum absolute atomic E-state index is 0.0606. The van der Waals surface area contributed by atoms with Crippen LogP contribution >= 0.6 is 10.6 Å². The van der Waals surface area contributed by atoms with E-state index in [4.69, 9.17) is 4.74 Å². The molecule has 9 nitrogen and oxygen atoms in total. The van der Waals surface area contributed by atoms with Crippen molar-refractivity contribution >= 4 is 45.3 Å². The molecular weight excluding hydrogens is 501 g/mol. The third-order valence-corrected chi connectivity index (χ3v) is 8.04. The number of alkyl halides is 3. The van der Waals surface area contributed by atoms with E-state index in [1.165, 1.54) is 11.0 Å². The third kappa shape index (κ3) is 4.73. The number of nitrogens with one attached hydrogen (secondary N) is 1. The smallest absolute Gasteiger partial charge is 0.416 e. The Morgan fingerprint density at radius 2 is 2.00 bits per heavy atom. The van der Waals surface area contributed by atoms with Crippen LogP contribution in [0.1, 0.15) is 34.8 Å². The summed E-state index contributed by atoms with van der Waals surface area (Å²) in [4.78, 5) is 31.1. The second kappa shape index (κ2) is 8.98. The Kier molecular flexibility index (Phi) is 6.09. The van der Waals surface area contributed by atoms with Gasteiger partial charge in [-0.3, -0.25) is 24.1 Å². The van der Waals surface area contributed by atoms with E-state index in [2.05, 4.69) is 10.3 Å². The van der Waals surface area contributed by atoms with Crippen molar-refractivity contribution < 1.29 is 36.6 Å². The lowest BCUT2D eigenvalue weighted by molar-refractivity contribution is -0.137. The summed E-state index contributed by atoms with van der Waals surface area (Å²) >= 11 is 0. The van der Waals surface area contributed by atoms with Gasteiger partial charge >= 0.3 is 12.3 Å². The zero-order chi connectivity index (χ0) is 25.7. The SMILES string of the molecule is O=C(Nc1nc2cc(N3CCCOC3=O)ccc2n1C1CCS(O)(O)C1)c1cccc(C(F)(F)F)c1. The van der Waals surface area contributed by atoms with Crippen molar-refractivity contribution in [1.82, 2.24) is 9.55 Å².